The quantitative estimate of drug-likeness (QED) is 0.549. The van der Waals surface area contributed by atoms with E-state index in [0.717, 1.165) is 5.56 Å². The molecule has 1 aromatic heterocycles. The van der Waals surface area contributed by atoms with E-state index in [1.807, 2.05) is 30.3 Å². The third-order valence-corrected chi connectivity index (χ3v) is 4.02. The number of aliphatic hydroxyl groups excluding tert-OH is 1. The molecule has 1 aromatic carbocycles. The summed E-state index contributed by atoms with van der Waals surface area (Å²) in [4.78, 5) is 18.2. The highest BCUT2D eigenvalue weighted by Crippen LogP contribution is 2.15. The molecule has 2 aromatic rings. The lowest BCUT2D eigenvalue weighted by molar-refractivity contribution is 0.167. The predicted molar refractivity (Wildman–Crippen MR) is 84.4 cm³/mol. The van der Waals surface area contributed by atoms with Crippen LogP contribution in [0, 0.1) is 6.92 Å². The van der Waals surface area contributed by atoms with Crippen molar-refractivity contribution in [1.82, 2.24) is 9.97 Å². The number of nitrogens with one attached hydrogen (secondary N) is 1. The van der Waals surface area contributed by atoms with Crippen molar-refractivity contribution in [3.8, 4) is 0 Å². The summed E-state index contributed by atoms with van der Waals surface area (Å²) < 4.78 is 0. The van der Waals surface area contributed by atoms with Crippen LogP contribution in [0.5, 0.6) is 0 Å². The van der Waals surface area contributed by atoms with Crippen molar-refractivity contribution in [2.75, 3.05) is 5.75 Å². The Balaban J connectivity index is 1.89. The molecule has 0 bridgehead atoms. The minimum atomic E-state index is -0.666. The minimum absolute atomic E-state index is 0.187. The lowest BCUT2D eigenvalue weighted by atomic mass is 10.0. The number of hydrogen-bond donors (Lipinski definition) is 3. The van der Waals surface area contributed by atoms with E-state index in [1.54, 1.807) is 6.92 Å². The molecule has 6 heteroatoms. The third-order valence-electron chi connectivity index (χ3n) is 3.05. The van der Waals surface area contributed by atoms with Gasteiger partial charge >= 0.3 is 0 Å². The van der Waals surface area contributed by atoms with Gasteiger partial charge in [0.2, 0.25) is 0 Å². The van der Waals surface area contributed by atoms with E-state index in [9.17, 15) is 9.90 Å². The highest BCUT2D eigenvalue weighted by molar-refractivity contribution is 7.99. The van der Waals surface area contributed by atoms with Crippen molar-refractivity contribution >= 4 is 11.8 Å². The molecule has 4 N–H and O–H groups in total. The molecule has 21 heavy (non-hydrogen) atoms. The van der Waals surface area contributed by atoms with Crippen LogP contribution in [0.2, 0.25) is 0 Å². The fourth-order valence-corrected chi connectivity index (χ4v) is 2.89. The van der Waals surface area contributed by atoms with Gasteiger partial charge in [-0.05, 0) is 18.9 Å². The van der Waals surface area contributed by atoms with Gasteiger partial charge in [-0.2, -0.15) is 0 Å². The average molecular weight is 305 g/mol. The van der Waals surface area contributed by atoms with Gasteiger partial charge in [0.25, 0.3) is 5.56 Å². The molecule has 2 atom stereocenters. The molecule has 0 aliphatic rings. The molecule has 1 heterocycles. The van der Waals surface area contributed by atoms with Gasteiger partial charge in [-0.15, -0.1) is 0 Å². The molecular formula is C15H19N3O2S. The molecule has 0 amide bonds. The second-order valence-electron chi connectivity index (χ2n) is 4.92. The fraction of sp³-hybridized carbons (Fsp3) is 0.333. The summed E-state index contributed by atoms with van der Waals surface area (Å²) in [7, 11) is 0. The maximum atomic E-state index is 11.3. The van der Waals surface area contributed by atoms with Gasteiger partial charge in [0.1, 0.15) is 0 Å². The summed E-state index contributed by atoms with van der Waals surface area (Å²) in [6, 6.07) is 10.9. The van der Waals surface area contributed by atoms with Gasteiger partial charge in [0, 0.05) is 23.6 Å². The molecule has 2 unspecified atom stereocenters. The zero-order valence-corrected chi connectivity index (χ0v) is 12.6. The van der Waals surface area contributed by atoms with Crippen molar-refractivity contribution in [2.24, 2.45) is 5.73 Å². The smallest absolute Gasteiger partial charge is 0.251 e. The number of aliphatic hydroxyl groups is 1. The largest absolute Gasteiger partial charge is 0.391 e. The Morgan fingerprint density at radius 1 is 1.38 bits per heavy atom. The first kappa shape index (κ1) is 15.8. The first-order chi connectivity index (χ1) is 10.0. The highest BCUT2D eigenvalue weighted by Gasteiger charge is 2.16. The van der Waals surface area contributed by atoms with Crippen LogP contribution >= 0.6 is 11.8 Å². The zero-order chi connectivity index (χ0) is 15.2. The lowest BCUT2D eigenvalue weighted by Crippen LogP contribution is -2.38. The Bertz CT molecular complexity index is 630. The molecule has 112 valence electrons. The number of nitrogens with two attached hydrogens (primary N) is 1. The number of aryl methyl sites for hydroxylation is 1. The molecule has 0 saturated carbocycles. The Morgan fingerprint density at radius 2 is 2.10 bits per heavy atom. The van der Waals surface area contributed by atoms with Crippen LogP contribution in [0.1, 0.15) is 11.3 Å². The van der Waals surface area contributed by atoms with Crippen LogP contribution < -0.4 is 11.3 Å². The standard InChI is InChI=1S/C15H19N3O2S/c1-10-7-14(20)18-15(17-10)21-9-13(19)12(16)8-11-5-3-2-4-6-11/h2-7,12-13,19H,8-9,16H2,1H3,(H,17,18,20). The van der Waals surface area contributed by atoms with Crippen LogP contribution in [-0.4, -0.2) is 33.0 Å². The van der Waals surface area contributed by atoms with Gasteiger partial charge in [0.05, 0.1) is 6.10 Å². The van der Waals surface area contributed by atoms with Crippen LogP contribution in [0.3, 0.4) is 0 Å². The van der Waals surface area contributed by atoms with E-state index in [4.69, 9.17) is 5.73 Å². The minimum Gasteiger partial charge on any atom is -0.391 e. The van der Waals surface area contributed by atoms with Crippen LogP contribution in [0.25, 0.3) is 0 Å². The van der Waals surface area contributed by atoms with E-state index in [-0.39, 0.29) is 11.6 Å². The molecule has 0 fully saturated rings. The van der Waals surface area contributed by atoms with Crippen LogP contribution in [0.4, 0.5) is 0 Å². The Kier molecular flexibility index (Phi) is 5.55. The summed E-state index contributed by atoms with van der Waals surface area (Å²) in [6.45, 7) is 1.76. The van der Waals surface area contributed by atoms with Crippen LogP contribution in [-0.2, 0) is 6.42 Å². The second kappa shape index (κ2) is 7.40. The summed E-state index contributed by atoms with van der Waals surface area (Å²) >= 11 is 1.30. The highest BCUT2D eigenvalue weighted by atomic mass is 32.2. The lowest BCUT2D eigenvalue weighted by Gasteiger charge is -2.18. The number of hydrogen-bond acceptors (Lipinski definition) is 5. The van der Waals surface area contributed by atoms with Gasteiger partial charge in [-0.1, -0.05) is 42.1 Å². The zero-order valence-electron chi connectivity index (χ0n) is 11.8. The SMILES string of the molecule is Cc1cc(=O)[nH]c(SCC(O)C(N)Cc2ccccc2)n1. The van der Waals surface area contributed by atoms with E-state index in [0.29, 0.717) is 23.0 Å². The average Bonchev–Trinajstić information content (AvgIpc) is 2.44. The number of H-pyrrole nitrogens is 1. The topological polar surface area (TPSA) is 92.0 Å². The van der Waals surface area contributed by atoms with Gasteiger partial charge < -0.3 is 15.8 Å². The van der Waals surface area contributed by atoms with Crippen molar-refractivity contribution < 1.29 is 5.11 Å². The summed E-state index contributed by atoms with van der Waals surface area (Å²) in [5.74, 6) is 0.389. The molecular weight excluding hydrogens is 286 g/mol. The Labute approximate surface area is 127 Å². The summed E-state index contributed by atoms with van der Waals surface area (Å²) in [5, 5.41) is 10.6. The number of rotatable bonds is 6. The molecule has 0 spiro atoms. The first-order valence-corrected chi connectivity index (χ1v) is 7.71. The summed E-state index contributed by atoms with van der Waals surface area (Å²) in [6.07, 6.45) is -0.0543. The fourth-order valence-electron chi connectivity index (χ4n) is 1.93. The Morgan fingerprint density at radius 3 is 2.76 bits per heavy atom. The predicted octanol–water partition coefficient (Wildman–Crippen LogP) is 1.10. The van der Waals surface area contributed by atoms with E-state index >= 15 is 0 Å². The molecule has 2 rings (SSSR count). The number of benzene rings is 1. The molecule has 0 radical (unpaired) electrons. The molecule has 0 saturated heterocycles. The van der Waals surface area contributed by atoms with Gasteiger partial charge in [-0.25, -0.2) is 4.98 Å². The monoisotopic (exact) mass is 305 g/mol. The van der Waals surface area contributed by atoms with Crippen molar-refractivity contribution in [2.45, 2.75) is 30.6 Å². The summed E-state index contributed by atoms with van der Waals surface area (Å²) in [5.41, 5.74) is 7.58. The number of nitrogens with zero attached hydrogens (tertiary/aromatic N) is 1. The van der Waals surface area contributed by atoms with E-state index < -0.39 is 6.10 Å². The number of aromatic amines is 1. The number of aromatic nitrogens is 2. The van der Waals surface area contributed by atoms with Crippen LogP contribution in [0.15, 0.2) is 46.3 Å². The normalized spacial score (nSPS) is 13.9. The first-order valence-electron chi connectivity index (χ1n) is 6.73. The maximum absolute atomic E-state index is 11.3. The molecule has 5 nitrogen and oxygen atoms in total. The third kappa shape index (κ3) is 5.00. The van der Waals surface area contributed by atoms with Crippen molar-refractivity contribution in [3.63, 3.8) is 0 Å². The Hall–Kier alpha value is -1.63. The van der Waals surface area contributed by atoms with E-state index in [1.165, 1.54) is 17.8 Å². The van der Waals surface area contributed by atoms with E-state index in [2.05, 4.69) is 9.97 Å². The number of thioether (sulfide) groups is 1. The second-order valence-corrected chi connectivity index (χ2v) is 5.93. The van der Waals surface area contributed by atoms with Crippen molar-refractivity contribution in [1.29, 1.82) is 0 Å². The van der Waals surface area contributed by atoms with Crippen molar-refractivity contribution in [3.05, 3.63) is 58.0 Å². The van der Waals surface area contributed by atoms with Gasteiger partial charge in [-0.3, -0.25) is 4.79 Å². The maximum Gasteiger partial charge on any atom is 0.251 e. The van der Waals surface area contributed by atoms with Gasteiger partial charge in [0.15, 0.2) is 5.16 Å². The molecule has 0 aliphatic carbocycles. The molecule has 0 aliphatic heterocycles.